The van der Waals surface area contributed by atoms with Crippen LogP contribution in [0.1, 0.15) is 30.0 Å². The number of nitrogens with one attached hydrogen (secondary N) is 1. The van der Waals surface area contributed by atoms with Crippen LogP contribution in [-0.2, 0) is 0 Å². The summed E-state index contributed by atoms with van der Waals surface area (Å²) in [6, 6.07) is 6.94. The Morgan fingerprint density at radius 3 is 2.94 bits per heavy atom. The molecule has 18 heavy (non-hydrogen) atoms. The molecular weight excluding hydrogens is 224 g/mol. The quantitative estimate of drug-likeness (QED) is 0.821. The molecule has 1 aromatic rings. The topological polar surface area (TPSA) is 24.5 Å². The van der Waals surface area contributed by atoms with Crippen LogP contribution < -0.4 is 10.1 Å². The minimum atomic E-state index is 0.0185. The van der Waals surface area contributed by atoms with Crippen LogP contribution in [0.25, 0.3) is 0 Å². The van der Waals surface area contributed by atoms with Gasteiger partial charge in [-0.1, -0.05) is 17.7 Å². The van der Waals surface area contributed by atoms with E-state index in [2.05, 4.69) is 49.4 Å². The van der Waals surface area contributed by atoms with Crippen molar-refractivity contribution in [2.75, 3.05) is 27.2 Å². The molecule has 0 bridgehead atoms. The molecule has 2 heterocycles. The molecule has 0 radical (unpaired) electrons. The summed E-state index contributed by atoms with van der Waals surface area (Å²) in [7, 11) is 4.23. The number of hydrogen-bond donors (Lipinski definition) is 1. The first-order valence-corrected chi connectivity index (χ1v) is 6.77. The van der Waals surface area contributed by atoms with Crippen molar-refractivity contribution >= 4 is 0 Å². The zero-order valence-corrected chi connectivity index (χ0v) is 11.5. The van der Waals surface area contributed by atoms with Gasteiger partial charge in [0.15, 0.2) is 0 Å². The number of fused-ring (bicyclic) bond motifs is 1. The van der Waals surface area contributed by atoms with Crippen molar-refractivity contribution in [3.63, 3.8) is 0 Å². The van der Waals surface area contributed by atoms with E-state index in [9.17, 15) is 0 Å². The Kier molecular flexibility index (Phi) is 2.83. The normalized spacial score (nSPS) is 31.4. The number of rotatable bonds is 1. The number of aryl methyl sites for hydroxylation is 1. The second-order valence-electron chi connectivity index (χ2n) is 5.86. The van der Waals surface area contributed by atoms with Crippen LogP contribution in [0.5, 0.6) is 5.75 Å². The average Bonchev–Trinajstić information content (AvgIpc) is 2.70. The van der Waals surface area contributed by atoms with E-state index in [1.54, 1.807) is 0 Å². The van der Waals surface area contributed by atoms with Gasteiger partial charge < -0.3 is 15.0 Å². The number of likely N-dealkylation sites (N-methyl/N-ethyl adjacent to an activating group) is 1. The van der Waals surface area contributed by atoms with Crippen LogP contribution in [0.3, 0.4) is 0 Å². The van der Waals surface area contributed by atoms with Gasteiger partial charge in [-0.2, -0.15) is 0 Å². The van der Waals surface area contributed by atoms with E-state index < -0.39 is 0 Å². The first-order valence-electron chi connectivity index (χ1n) is 6.77. The van der Waals surface area contributed by atoms with E-state index in [4.69, 9.17) is 4.74 Å². The molecule has 1 saturated heterocycles. The molecule has 1 spiro atoms. The maximum absolute atomic E-state index is 6.36. The average molecular weight is 246 g/mol. The highest BCUT2D eigenvalue weighted by atomic mass is 16.5. The lowest BCUT2D eigenvalue weighted by Crippen LogP contribution is -2.45. The molecule has 1 aromatic carbocycles. The van der Waals surface area contributed by atoms with Crippen molar-refractivity contribution in [3.05, 3.63) is 29.3 Å². The Balaban J connectivity index is 1.97. The number of hydrogen-bond acceptors (Lipinski definition) is 3. The largest absolute Gasteiger partial charge is 0.485 e. The molecule has 2 aliphatic rings. The molecule has 0 aliphatic carbocycles. The molecule has 3 rings (SSSR count). The zero-order valence-electron chi connectivity index (χ0n) is 11.5. The number of benzene rings is 1. The van der Waals surface area contributed by atoms with Crippen molar-refractivity contribution in [3.8, 4) is 5.75 Å². The van der Waals surface area contributed by atoms with Gasteiger partial charge in [-0.25, -0.2) is 0 Å². The predicted octanol–water partition coefficient (Wildman–Crippen LogP) is 2.11. The second-order valence-corrected chi connectivity index (χ2v) is 5.86. The molecule has 2 aliphatic heterocycles. The standard InChI is InChI=1S/C15H22N2O/c1-11-4-5-14-12(8-11)13(16-2)9-15(18-14)6-7-17(3)10-15/h4-5,8,13,16H,6-7,9-10H2,1-3H3. The maximum Gasteiger partial charge on any atom is 0.125 e. The number of likely N-dealkylation sites (tertiary alicyclic amines) is 1. The molecule has 3 heteroatoms. The second kappa shape index (κ2) is 4.25. The van der Waals surface area contributed by atoms with Crippen molar-refractivity contribution in [1.82, 2.24) is 10.2 Å². The van der Waals surface area contributed by atoms with E-state index in [1.807, 2.05) is 0 Å². The molecule has 0 amide bonds. The summed E-state index contributed by atoms with van der Waals surface area (Å²) >= 11 is 0. The Morgan fingerprint density at radius 1 is 1.44 bits per heavy atom. The predicted molar refractivity (Wildman–Crippen MR) is 73.1 cm³/mol. The molecule has 2 unspecified atom stereocenters. The third-order valence-electron chi connectivity index (χ3n) is 4.30. The highest BCUT2D eigenvalue weighted by Crippen LogP contribution is 2.43. The summed E-state index contributed by atoms with van der Waals surface area (Å²) < 4.78 is 6.36. The summed E-state index contributed by atoms with van der Waals surface area (Å²) in [6.07, 6.45) is 2.21. The Labute approximate surface area is 109 Å². The van der Waals surface area contributed by atoms with Crippen molar-refractivity contribution < 1.29 is 4.74 Å². The molecule has 0 saturated carbocycles. The monoisotopic (exact) mass is 246 g/mol. The van der Waals surface area contributed by atoms with E-state index in [0.29, 0.717) is 6.04 Å². The minimum absolute atomic E-state index is 0.0185. The zero-order chi connectivity index (χ0) is 12.8. The smallest absolute Gasteiger partial charge is 0.125 e. The fraction of sp³-hybridized carbons (Fsp3) is 0.600. The highest BCUT2D eigenvalue weighted by Gasteiger charge is 2.44. The third kappa shape index (κ3) is 1.91. The third-order valence-corrected chi connectivity index (χ3v) is 4.30. The van der Waals surface area contributed by atoms with Crippen molar-refractivity contribution in [2.45, 2.75) is 31.4 Å². The van der Waals surface area contributed by atoms with Crippen LogP contribution >= 0.6 is 0 Å². The van der Waals surface area contributed by atoms with Gasteiger partial charge in [0.1, 0.15) is 11.4 Å². The molecule has 98 valence electrons. The molecule has 1 N–H and O–H groups in total. The SMILES string of the molecule is CNC1CC2(CCN(C)C2)Oc2ccc(C)cc21. The van der Waals surface area contributed by atoms with Crippen LogP contribution in [0.15, 0.2) is 18.2 Å². The van der Waals surface area contributed by atoms with E-state index >= 15 is 0 Å². The van der Waals surface area contributed by atoms with E-state index in [-0.39, 0.29) is 5.60 Å². The Morgan fingerprint density at radius 2 is 2.28 bits per heavy atom. The first kappa shape index (κ1) is 12.0. The summed E-state index contributed by atoms with van der Waals surface area (Å²) in [6.45, 7) is 4.32. The van der Waals surface area contributed by atoms with Gasteiger partial charge in [0, 0.05) is 37.5 Å². The molecule has 3 nitrogen and oxygen atoms in total. The molecule has 0 aromatic heterocycles. The van der Waals surface area contributed by atoms with Crippen LogP contribution in [0.2, 0.25) is 0 Å². The van der Waals surface area contributed by atoms with Gasteiger partial charge in [0.25, 0.3) is 0 Å². The fourth-order valence-corrected chi connectivity index (χ4v) is 3.34. The van der Waals surface area contributed by atoms with E-state index in [0.717, 1.165) is 31.7 Å². The van der Waals surface area contributed by atoms with Gasteiger partial charge in [-0.15, -0.1) is 0 Å². The summed E-state index contributed by atoms with van der Waals surface area (Å²) in [5.74, 6) is 1.07. The summed E-state index contributed by atoms with van der Waals surface area (Å²) in [5, 5.41) is 3.45. The van der Waals surface area contributed by atoms with Crippen LogP contribution in [0, 0.1) is 6.92 Å². The lowest BCUT2D eigenvalue weighted by Gasteiger charge is -2.40. The van der Waals surface area contributed by atoms with Gasteiger partial charge in [0.05, 0.1) is 0 Å². The molecule has 2 atom stereocenters. The lowest BCUT2D eigenvalue weighted by molar-refractivity contribution is 0.0419. The Hall–Kier alpha value is -1.06. The maximum atomic E-state index is 6.36. The number of ether oxygens (including phenoxy) is 1. The minimum Gasteiger partial charge on any atom is -0.485 e. The van der Waals surface area contributed by atoms with Gasteiger partial charge in [-0.3, -0.25) is 0 Å². The first-order chi connectivity index (χ1) is 8.62. The van der Waals surface area contributed by atoms with Crippen LogP contribution in [-0.4, -0.2) is 37.7 Å². The van der Waals surface area contributed by atoms with E-state index in [1.165, 1.54) is 11.1 Å². The summed E-state index contributed by atoms with van der Waals surface area (Å²) in [4.78, 5) is 2.37. The fourth-order valence-electron chi connectivity index (χ4n) is 3.34. The van der Waals surface area contributed by atoms with Crippen LogP contribution in [0.4, 0.5) is 0 Å². The number of nitrogens with zero attached hydrogens (tertiary/aromatic N) is 1. The van der Waals surface area contributed by atoms with Crippen molar-refractivity contribution in [1.29, 1.82) is 0 Å². The van der Waals surface area contributed by atoms with Crippen molar-refractivity contribution in [2.24, 2.45) is 0 Å². The lowest BCUT2D eigenvalue weighted by atomic mass is 9.86. The molecule has 1 fully saturated rings. The van der Waals surface area contributed by atoms with Gasteiger partial charge >= 0.3 is 0 Å². The highest BCUT2D eigenvalue weighted by molar-refractivity contribution is 5.42. The summed E-state index contributed by atoms with van der Waals surface area (Å²) in [5.41, 5.74) is 2.64. The van der Waals surface area contributed by atoms with Gasteiger partial charge in [-0.05, 0) is 27.1 Å². The molecular formula is C15H22N2O. The Bertz CT molecular complexity index is 460. The van der Waals surface area contributed by atoms with Gasteiger partial charge in [0.2, 0.25) is 0 Å².